The molecule has 3 aliphatic heterocycles. The minimum absolute atomic E-state index is 0.0375. The Hall–Kier alpha value is -6.78. The molecule has 8 aromatic rings. The highest BCUT2D eigenvalue weighted by molar-refractivity contribution is 7.90. The maximum Gasteiger partial charge on any atom is 0.243 e. The molecule has 0 aromatic heterocycles. The molecule has 0 spiro atoms. The SMILES string of the molecule is Cc1ccc(S(=O)(=O)N2CCCN(S(=O)(=O)c3ccc(C)cc3)Cc3cc4cc(c3)CN(S(=O)(=O)c3ccc(C)cc3)CCCN(S(=O)(=O)c3ccc(C)cc3)Cc3cc(cc(c3)CN(S(=O)(=O)c3ccc(C)cc3)CCCN(S(=O)(=O)c3ccc(C)cc3)C4)C2)cc1. The van der Waals surface area contributed by atoms with Crippen molar-refractivity contribution in [3.8, 4) is 0 Å². The van der Waals surface area contributed by atoms with Crippen LogP contribution < -0.4 is 0 Å². The third kappa shape index (κ3) is 16.1. The van der Waals surface area contributed by atoms with Gasteiger partial charge in [0.15, 0.2) is 0 Å². The third-order valence-electron chi connectivity index (χ3n) is 16.8. The predicted octanol–water partition coefficient (Wildman–Crippen LogP) is 10.6. The van der Waals surface area contributed by atoms with E-state index in [2.05, 4.69) is 0 Å². The molecule has 0 radical (unpaired) electrons. The number of rotatable bonds is 12. The average Bonchev–Trinajstić information content (AvgIpc) is 0.946. The van der Waals surface area contributed by atoms with Gasteiger partial charge in [-0.2, -0.15) is 25.8 Å². The summed E-state index contributed by atoms with van der Waals surface area (Å²) < 4.78 is 191. The van der Waals surface area contributed by atoms with E-state index >= 15 is 50.5 Å². The van der Waals surface area contributed by atoms with E-state index in [4.69, 9.17) is 0 Å². The molecule has 3 heterocycles. The van der Waals surface area contributed by atoms with Gasteiger partial charge in [-0.25, -0.2) is 50.5 Å². The molecule has 0 N–H and O–H groups in total. The van der Waals surface area contributed by atoms with Gasteiger partial charge in [-0.15, -0.1) is 0 Å². The largest absolute Gasteiger partial charge is 0.243 e. The molecule has 0 atom stereocenters. The number of aryl methyl sites for hydroxylation is 6. The topological polar surface area (TPSA) is 224 Å². The highest BCUT2D eigenvalue weighted by Gasteiger charge is 2.34. The van der Waals surface area contributed by atoms with Gasteiger partial charge in [-0.3, -0.25) is 0 Å². The summed E-state index contributed by atoms with van der Waals surface area (Å²) in [5, 5.41) is 0. The third-order valence-corrected chi connectivity index (χ3v) is 27.9. The molecule has 93 heavy (non-hydrogen) atoms. The second-order valence-corrected chi connectivity index (χ2v) is 35.9. The normalized spacial score (nSPS) is 17.0. The summed E-state index contributed by atoms with van der Waals surface area (Å²) in [6, 6.07) is 48.0. The highest BCUT2D eigenvalue weighted by atomic mass is 32.2. The van der Waals surface area contributed by atoms with Gasteiger partial charge in [-0.1, -0.05) is 143 Å². The molecule has 492 valence electrons. The summed E-state index contributed by atoms with van der Waals surface area (Å²) in [5.41, 5.74) is 6.83. The fraction of sp³-hybridized carbons (Fsp3) is 0.304. The van der Waals surface area contributed by atoms with Gasteiger partial charge in [0.25, 0.3) is 0 Å². The average molecular weight is 1380 g/mol. The summed E-state index contributed by atoms with van der Waals surface area (Å²) >= 11 is 0. The number of nitrogens with zero attached hydrogens (tertiary/aromatic N) is 6. The van der Waals surface area contributed by atoms with Gasteiger partial charge in [0.05, 0.1) is 29.4 Å². The first-order valence-electron chi connectivity index (χ1n) is 30.6. The number of hydrogen-bond donors (Lipinski definition) is 0. The highest BCUT2D eigenvalue weighted by Crippen LogP contribution is 2.31. The molecule has 18 nitrogen and oxygen atoms in total. The lowest BCUT2D eigenvalue weighted by Gasteiger charge is -2.29. The van der Waals surface area contributed by atoms with Crippen LogP contribution in [0.4, 0.5) is 0 Å². The number of hydrogen-bond acceptors (Lipinski definition) is 12. The van der Waals surface area contributed by atoms with Gasteiger partial charge < -0.3 is 0 Å². The fourth-order valence-corrected chi connectivity index (χ4v) is 20.4. The van der Waals surface area contributed by atoms with Crippen LogP contribution in [0, 0.1) is 41.5 Å². The first-order chi connectivity index (χ1) is 44.0. The second kappa shape index (κ2) is 28.3. The molecule has 3 aliphatic rings. The monoisotopic (exact) mass is 1370 g/mol. The van der Waals surface area contributed by atoms with Crippen LogP contribution in [0.5, 0.6) is 0 Å². The van der Waals surface area contributed by atoms with E-state index in [1.165, 1.54) is 98.6 Å². The van der Waals surface area contributed by atoms with Crippen LogP contribution in [-0.4, -0.2) is 116 Å². The molecule has 0 fully saturated rings. The molecule has 0 unspecified atom stereocenters. The standard InChI is InChI=1S/C69H78N6O12S6/c1-52-10-22-64(23-11-52)88(76,77)70-34-7-35-71(89(78,79)65-24-12-53(2)13-25-65)49-61-43-62-45-63(44-61)51-75(93(86,87)69-32-20-57(6)21-33-69)39-9-37-73(91(82,83)67-28-16-55(4)17-29-67)48-60-41-58(46-70)40-59(42-60)47-72(90(80,81)66-26-14-54(3)15-27-66)36-8-38-74(50-62)92(84,85)68-30-18-56(5)19-31-68/h10-33,40-45H,7-9,34-39,46-51H2,1-6H3. The summed E-state index contributed by atoms with van der Waals surface area (Å²) in [6.45, 7) is 7.37. The predicted molar refractivity (Wildman–Crippen MR) is 359 cm³/mol. The van der Waals surface area contributed by atoms with Crippen molar-refractivity contribution >= 4 is 60.1 Å². The Labute approximate surface area is 550 Å². The van der Waals surface area contributed by atoms with Crippen LogP contribution in [0.25, 0.3) is 0 Å². The molecule has 11 rings (SSSR count). The smallest absolute Gasteiger partial charge is 0.207 e. The van der Waals surface area contributed by atoms with Crippen molar-refractivity contribution in [2.45, 2.75) is 129 Å². The van der Waals surface area contributed by atoms with E-state index in [0.29, 0.717) is 33.4 Å². The Bertz CT molecular complexity index is 3910. The van der Waals surface area contributed by atoms with E-state index in [1.807, 2.05) is 41.5 Å². The fourth-order valence-electron chi connectivity index (χ4n) is 11.6. The van der Waals surface area contributed by atoms with E-state index in [0.717, 1.165) is 33.4 Å². The molecule has 6 bridgehead atoms. The Kier molecular flexibility index (Phi) is 21.0. The van der Waals surface area contributed by atoms with Crippen molar-refractivity contribution in [2.75, 3.05) is 39.3 Å². The number of benzene rings is 8. The van der Waals surface area contributed by atoms with Crippen LogP contribution in [0.3, 0.4) is 0 Å². The van der Waals surface area contributed by atoms with Crippen molar-refractivity contribution < 1.29 is 50.5 Å². The summed E-state index contributed by atoms with van der Waals surface area (Å²) in [5.74, 6) is 0. The number of fused-ring (bicyclic) bond motifs is 18. The summed E-state index contributed by atoms with van der Waals surface area (Å²) in [4.78, 5) is -0.225. The van der Waals surface area contributed by atoms with Crippen LogP contribution >= 0.6 is 0 Å². The van der Waals surface area contributed by atoms with E-state index < -0.39 is 60.1 Å². The molecule has 24 heteroatoms. The number of sulfonamides is 6. The van der Waals surface area contributed by atoms with Crippen LogP contribution in [0.1, 0.15) is 86.0 Å². The van der Waals surface area contributed by atoms with Crippen molar-refractivity contribution in [3.05, 3.63) is 249 Å². The summed E-state index contributed by atoms with van der Waals surface area (Å²) in [6.07, 6.45) is -0.233. The Morgan fingerprint density at radius 2 is 0.323 bits per heavy atom. The van der Waals surface area contributed by atoms with Crippen molar-refractivity contribution in [1.29, 1.82) is 0 Å². The second-order valence-electron chi connectivity index (χ2n) is 24.3. The Morgan fingerprint density at radius 3 is 0.441 bits per heavy atom. The zero-order valence-corrected chi connectivity index (χ0v) is 57.9. The van der Waals surface area contributed by atoms with E-state index in [1.54, 1.807) is 109 Å². The first kappa shape index (κ1) is 69.1. The van der Waals surface area contributed by atoms with Crippen molar-refractivity contribution in [2.24, 2.45) is 0 Å². The van der Waals surface area contributed by atoms with Crippen LogP contribution in [0.15, 0.2) is 211 Å². The van der Waals surface area contributed by atoms with Gasteiger partial charge in [-0.05, 0) is 167 Å². The lowest BCUT2D eigenvalue weighted by molar-refractivity contribution is 0.344. The molecular formula is C69H78N6O12S6. The molecule has 0 saturated carbocycles. The molecule has 0 amide bonds. The zero-order valence-electron chi connectivity index (χ0n) is 53.0. The Balaban J connectivity index is 1.23. The lowest BCUT2D eigenvalue weighted by Crippen LogP contribution is -2.38. The van der Waals surface area contributed by atoms with E-state index in [9.17, 15) is 0 Å². The van der Waals surface area contributed by atoms with E-state index in [-0.39, 0.29) is 127 Å². The zero-order chi connectivity index (χ0) is 66.7. The van der Waals surface area contributed by atoms with Crippen LogP contribution in [-0.2, 0) is 99.4 Å². The minimum atomic E-state index is -4.42. The quantitative estimate of drug-likeness (QED) is 0.111. The Morgan fingerprint density at radius 1 is 0.204 bits per heavy atom. The summed E-state index contributed by atoms with van der Waals surface area (Å²) in [7, 11) is -26.5. The van der Waals surface area contributed by atoms with Gasteiger partial charge in [0, 0.05) is 78.5 Å². The maximum atomic E-state index is 15.3. The minimum Gasteiger partial charge on any atom is -0.207 e. The first-order valence-corrected chi connectivity index (χ1v) is 39.3. The van der Waals surface area contributed by atoms with Gasteiger partial charge in [0.2, 0.25) is 60.1 Å². The van der Waals surface area contributed by atoms with Gasteiger partial charge in [0.1, 0.15) is 0 Å². The lowest BCUT2D eigenvalue weighted by atomic mass is 10.0. The molecular weight excluding hydrogens is 1300 g/mol. The van der Waals surface area contributed by atoms with Gasteiger partial charge >= 0.3 is 0 Å². The molecule has 8 aromatic carbocycles. The molecule has 0 saturated heterocycles. The molecule has 0 aliphatic carbocycles. The maximum absolute atomic E-state index is 15.3. The van der Waals surface area contributed by atoms with Crippen molar-refractivity contribution in [1.82, 2.24) is 25.8 Å². The van der Waals surface area contributed by atoms with Crippen molar-refractivity contribution in [3.63, 3.8) is 0 Å². The van der Waals surface area contributed by atoms with Crippen LogP contribution in [0.2, 0.25) is 0 Å².